The Morgan fingerprint density at radius 3 is 2.21 bits per heavy atom. The third kappa shape index (κ3) is 5.87. The van der Waals surface area contributed by atoms with Gasteiger partial charge in [-0.1, -0.05) is 13.8 Å². The fraction of sp³-hybridized carbons (Fsp3) is 0.455. The van der Waals surface area contributed by atoms with Crippen molar-refractivity contribution < 1.29 is 17.9 Å². The molecule has 3 rings (SSSR count). The molecule has 0 spiro atoms. The van der Waals surface area contributed by atoms with Crippen molar-refractivity contribution in [2.24, 2.45) is 5.92 Å². The van der Waals surface area contributed by atoms with E-state index in [-0.39, 0.29) is 4.90 Å². The Morgan fingerprint density at radius 2 is 1.66 bits per heavy atom. The molecular formula is C22H30N2O4S. The van der Waals surface area contributed by atoms with Crippen LogP contribution in [0.4, 0.5) is 11.4 Å². The van der Waals surface area contributed by atoms with Gasteiger partial charge in [0.05, 0.1) is 17.6 Å². The lowest BCUT2D eigenvalue weighted by Crippen LogP contribution is -2.36. The highest BCUT2D eigenvalue weighted by Gasteiger charge is 2.19. The van der Waals surface area contributed by atoms with E-state index >= 15 is 0 Å². The number of methoxy groups -OCH3 is 1. The third-order valence-corrected chi connectivity index (χ3v) is 6.37. The SMILES string of the molecule is COC1CCN(c2ccc(NS(=O)(=O)c3ccc(OCC(C)C)cc3)cc2)CC1. The largest absolute Gasteiger partial charge is 0.493 e. The average molecular weight is 419 g/mol. The molecule has 1 fully saturated rings. The molecule has 0 radical (unpaired) electrons. The number of rotatable bonds is 8. The molecular weight excluding hydrogens is 388 g/mol. The van der Waals surface area contributed by atoms with Crippen LogP contribution >= 0.6 is 0 Å². The van der Waals surface area contributed by atoms with Crippen LogP contribution in [0.5, 0.6) is 5.75 Å². The number of anilines is 2. The first-order valence-corrected chi connectivity index (χ1v) is 11.5. The van der Waals surface area contributed by atoms with Crippen LogP contribution in [0.25, 0.3) is 0 Å². The molecule has 0 bridgehead atoms. The molecule has 2 aromatic rings. The lowest BCUT2D eigenvalue weighted by Gasteiger charge is -2.33. The van der Waals surface area contributed by atoms with Gasteiger partial charge >= 0.3 is 0 Å². The summed E-state index contributed by atoms with van der Waals surface area (Å²) in [5.41, 5.74) is 1.63. The predicted octanol–water partition coefficient (Wildman–Crippen LogP) is 4.14. The summed E-state index contributed by atoms with van der Waals surface area (Å²) >= 11 is 0. The minimum atomic E-state index is -3.65. The van der Waals surface area contributed by atoms with Gasteiger partial charge in [0.1, 0.15) is 5.75 Å². The van der Waals surface area contributed by atoms with Gasteiger partial charge in [-0.2, -0.15) is 0 Å². The van der Waals surface area contributed by atoms with Gasteiger partial charge in [-0.25, -0.2) is 8.42 Å². The molecule has 0 atom stereocenters. The van der Waals surface area contributed by atoms with Crippen LogP contribution in [0.3, 0.4) is 0 Å². The standard InChI is InChI=1S/C22H30N2O4S/c1-17(2)16-28-21-8-10-22(11-9-21)29(25,26)23-18-4-6-19(7-5-18)24-14-12-20(27-3)13-15-24/h4-11,17,20,23H,12-16H2,1-3H3. The smallest absolute Gasteiger partial charge is 0.261 e. The van der Waals surface area contributed by atoms with Gasteiger partial charge in [0.15, 0.2) is 0 Å². The van der Waals surface area contributed by atoms with Crippen LogP contribution in [0.1, 0.15) is 26.7 Å². The molecule has 0 saturated carbocycles. The van der Waals surface area contributed by atoms with Crippen molar-refractivity contribution in [2.75, 3.05) is 36.4 Å². The molecule has 1 aliphatic rings. The van der Waals surface area contributed by atoms with Crippen molar-refractivity contribution in [2.45, 2.75) is 37.7 Å². The summed E-state index contributed by atoms with van der Waals surface area (Å²) in [7, 11) is -1.89. The van der Waals surface area contributed by atoms with E-state index in [1.54, 1.807) is 43.5 Å². The Bertz CT molecular complexity index is 872. The van der Waals surface area contributed by atoms with Crippen LogP contribution in [0.2, 0.25) is 0 Å². The van der Waals surface area contributed by atoms with Crippen LogP contribution in [-0.2, 0) is 14.8 Å². The first-order chi connectivity index (χ1) is 13.9. The zero-order valence-corrected chi connectivity index (χ0v) is 18.1. The van der Waals surface area contributed by atoms with E-state index in [1.807, 2.05) is 12.1 Å². The minimum Gasteiger partial charge on any atom is -0.493 e. The van der Waals surface area contributed by atoms with E-state index in [4.69, 9.17) is 9.47 Å². The van der Waals surface area contributed by atoms with Crippen molar-refractivity contribution >= 4 is 21.4 Å². The maximum atomic E-state index is 12.7. The summed E-state index contributed by atoms with van der Waals surface area (Å²) in [5.74, 6) is 1.08. The molecule has 7 heteroatoms. The number of sulfonamides is 1. The quantitative estimate of drug-likeness (QED) is 0.698. The molecule has 0 unspecified atom stereocenters. The van der Waals surface area contributed by atoms with E-state index in [0.717, 1.165) is 31.6 Å². The number of hydrogen-bond donors (Lipinski definition) is 1. The van der Waals surface area contributed by atoms with Crippen LogP contribution in [0, 0.1) is 5.92 Å². The summed E-state index contributed by atoms with van der Waals surface area (Å²) < 4.78 is 39.0. The lowest BCUT2D eigenvalue weighted by atomic mass is 10.1. The van der Waals surface area contributed by atoms with Crippen molar-refractivity contribution in [3.05, 3.63) is 48.5 Å². The van der Waals surface area contributed by atoms with E-state index in [2.05, 4.69) is 23.5 Å². The summed E-state index contributed by atoms with van der Waals surface area (Å²) in [5, 5.41) is 0. The highest BCUT2D eigenvalue weighted by molar-refractivity contribution is 7.92. The lowest BCUT2D eigenvalue weighted by molar-refractivity contribution is 0.0819. The summed E-state index contributed by atoms with van der Waals surface area (Å²) in [6, 6.07) is 14.0. The van der Waals surface area contributed by atoms with Crippen molar-refractivity contribution in [1.29, 1.82) is 0 Å². The highest BCUT2D eigenvalue weighted by Crippen LogP contribution is 2.25. The van der Waals surface area contributed by atoms with Gasteiger partial charge in [0.2, 0.25) is 0 Å². The molecule has 2 aromatic carbocycles. The second-order valence-electron chi connectivity index (χ2n) is 7.75. The van der Waals surface area contributed by atoms with Gasteiger partial charge in [0, 0.05) is 31.6 Å². The van der Waals surface area contributed by atoms with Gasteiger partial charge in [-0.15, -0.1) is 0 Å². The fourth-order valence-electron chi connectivity index (χ4n) is 3.28. The van der Waals surface area contributed by atoms with Crippen LogP contribution < -0.4 is 14.4 Å². The Hall–Kier alpha value is -2.25. The average Bonchev–Trinajstić information content (AvgIpc) is 2.73. The number of nitrogens with zero attached hydrogens (tertiary/aromatic N) is 1. The first-order valence-electron chi connectivity index (χ1n) is 10.0. The number of piperidine rings is 1. The zero-order valence-electron chi connectivity index (χ0n) is 17.3. The Morgan fingerprint density at radius 1 is 1.03 bits per heavy atom. The second-order valence-corrected chi connectivity index (χ2v) is 9.43. The molecule has 1 aliphatic heterocycles. The normalized spacial score (nSPS) is 15.5. The van der Waals surface area contributed by atoms with Gasteiger partial charge < -0.3 is 14.4 Å². The minimum absolute atomic E-state index is 0.208. The van der Waals surface area contributed by atoms with Gasteiger partial charge in [0.25, 0.3) is 10.0 Å². The second kappa shape index (κ2) is 9.50. The zero-order chi connectivity index (χ0) is 20.9. The molecule has 0 amide bonds. The maximum absolute atomic E-state index is 12.7. The predicted molar refractivity (Wildman–Crippen MR) is 116 cm³/mol. The maximum Gasteiger partial charge on any atom is 0.261 e. The summed E-state index contributed by atoms with van der Waals surface area (Å²) in [6.07, 6.45) is 2.34. The van der Waals surface area contributed by atoms with Crippen LogP contribution in [-0.4, -0.2) is 41.3 Å². The molecule has 1 N–H and O–H groups in total. The fourth-order valence-corrected chi connectivity index (χ4v) is 4.34. The Kier molecular flexibility index (Phi) is 7.03. The molecule has 29 heavy (non-hydrogen) atoms. The number of hydrogen-bond acceptors (Lipinski definition) is 5. The van der Waals surface area contributed by atoms with Crippen molar-refractivity contribution in [3.63, 3.8) is 0 Å². The Labute approximate surface area is 173 Å². The van der Waals surface area contributed by atoms with Crippen LogP contribution in [0.15, 0.2) is 53.4 Å². The number of ether oxygens (including phenoxy) is 2. The number of benzene rings is 2. The first kappa shape index (κ1) is 21.5. The van der Waals surface area contributed by atoms with E-state index in [0.29, 0.717) is 30.1 Å². The van der Waals surface area contributed by atoms with Crippen molar-refractivity contribution in [1.82, 2.24) is 0 Å². The topological polar surface area (TPSA) is 67.9 Å². The van der Waals surface area contributed by atoms with Crippen molar-refractivity contribution in [3.8, 4) is 5.75 Å². The summed E-state index contributed by atoms with van der Waals surface area (Å²) in [6.45, 7) is 6.61. The molecule has 158 valence electrons. The molecule has 0 aromatic heterocycles. The molecule has 6 nitrogen and oxygen atoms in total. The molecule has 1 heterocycles. The third-order valence-electron chi connectivity index (χ3n) is 4.98. The van der Waals surface area contributed by atoms with E-state index < -0.39 is 10.0 Å². The highest BCUT2D eigenvalue weighted by atomic mass is 32.2. The number of nitrogens with one attached hydrogen (secondary N) is 1. The monoisotopic (exact) mass is 418 g/mol. The Balaban J connectivity index is 1.61. The van der Waals surface area contributed by atoms with E-state index in [9.17, 15) is 8.42 Å². The summed E-state index contributed by atoms with van der Waals surface area (Å²) in [4.78, 5) is 2.50. The molecule has 1 saturated heterocycles. The van der Waals surface area contributed by atoms with Gasteiger partial charge in [-0.3, -0.25) is 4.72 Å². The van der Waals surface area contributed by atoms with Gasteiger partial charge in [-0.05, 0) is 67.3 Å². The van der Waals surface area contributed by atoms with E-state index in [1.165, 1.54) is 0 Å². The molecule has 0 aliphatic carbocycles.